The summed E-state index contributed by atoms with van der Waals surface area (Å²) in [5, 5.41) is 20.0. The fourth-order valence-electron chi connectivity index (χ4n) is 1.76. The van der Waals surface area contributed by atoms with Gasteiger partial charge in [-0.15, -0.1) is 0 Å². The Labute approximate surface area is 78.3 Å². The maximum Gasteiger partial charge on any atom is 0.375 e. The number of aromatic nitrogens is 1. The first kappa shape index (κ1) is 8.74. The highest BCUT2D eigenvalue weighted by molar-refractivity contribution is 5.52. The number of hydrogen-bond acceptors (Lipinski definition) is 4. The van der Waals surface area contributed by atoms with Crippen LogP contribution in [0.2, 0.25) is 0 Å². The molecule has 74 valence electrons. The van der Waals surface area contributed by atoms with Crippen LogP contribution in [0.5, 0.6) is 5.75 Å². The Bertz CT molecular complexity index is 463. The Balaban J connectivity index is 2.75. The smallest absolute Gasteiger partial charge is 0.375 e. The minimum absolute atomic E-state index is 0.466. The van der Waals surface area contributed by atoms with Crippen LogP contribution < -0.4 is 5.56 Å². The van der Waals surface area contributed by atoms with Gasteiger partial charge in [0.2, 0.25) is 5.75 Å². The molecule has 0 saturated carbocycles. The third kappa shape index (κ3) is 1.07. The van der Waals surface area contributed by atoms with E-state index in [0.29, 0.717) is 24.1 Å². The van der Waals surface area contributed by atoms with Crippen LogP contribution in [0.1, 0.15) is 17.7 Å². The monoisotopic (exact) mass is 196 g/mol. The van der Waals surface area contributed by atoms with Crippen molar-refractivity contribution in [2.45, 2.75) is 19.3 Å². The van der Waals surface area contributed by atoms with E-state index in [9.17, 15) is 20.0 Å². The number of nitro groups is 1. The highest BCUT2D eigenvalue weighted by Crippen LogP contribution is 2.32. The van der Waals surface area contributed by atoms with Gasteiger partial charge in [0.05, 0.1) is 4.92 Å². The molecule has 0 saturated heterocycles. The van der Waals surface area contributed by atoms with Crippen LogP contribution in [-0.2, 0) is 12.8 Å². The second-order valence-corrected chi connectivity index (χ2v) is 3.22. The van der Waals surface area contributed by atoms with Crippen molar-refractivity contribution in [3.05, 3.63) is 31.7 Å². The summed E-state index contributed by atoms with van der Waals surface area (Å²) in [5.41, 5.74) is -0.437. The van der Waals surface area contributed by atoms with Crippen LogP contribution in [0.3, 0.4) is 0 Å². The van der Waals surface area contributed by atoms with E-state index in [1.807, 2.05) is 0 Å². The Morgan fingerprint density at radius 2 is 2.14 bits per heavy atom. The molecule has 2 rings (SSSR count). The number of nitrogens with zero attached hydrogens (tertiary/aromatic N) is 1. The van der Waals surface area contributed by atoms with Crippen molar-refractivity contribution in [1.82, 2.24) is 4.98 Å². The van der Waals surface area contributed by atoms with E-state index in [2.05, 4.69) is 4.98 Å². The molecule has 0 radical (unpaired) electrons. The lowest BCUT2D eigenvalue weighted by Gasteiger charge is -2.01. The van der Waals surface area contributed by atoms with Crippen molar-refractivity contribution in [3.63, 3.8) is 0 Å². The van der Waals surface area contributed by atoms with Crippen LogP contribution in [0, 0.1) is 10.1 Å². The number of pyridine rings is 1. The highest BCUT2D eigenvalue weighted by Gasteiger charge is 2.27. The van der Waals surface area contributed by atoms with Crippen LogP contribution >= 0.6 is 0 Å². The summed E-state index contributed by atoms with van der Waals surface area (Å²) < 4.78 is 0. The van der Waals surface area contributed by atoms with Gasteiger partial charge < -0.3 is 10.1 Å². The Morgan fingerprint density at radius 1 is 1.43 bits per heavy atom. The van der Waals surface area contributed by atoms with Crippen molar-refractivity contribution >= 4 is 5.69 Å². The van der Waals surface area contributed by atoms with Gasteiger partial charge in [-0.05, 0) is 19.3 Å². The molecule has 0 aliphatic heterocycles. The van der Waals surface area contributed by atoms with Gasteiger partial charge in [-0.3, -0.25) is 14.9 Å². The molecule has 14 heavy (non-hydrogen) atoms. The highest BCUT2D eigenvalue weighted by atomic mass is 16.6. The maximum absolute atomic E-state index is 11.2. The first-order valence-electron chi connectivity index (χ1n) is 4.22. The van der Waals surface area contributed by atoms with Crippen molar-refractivity contribution in [3.8, 4) is 5.75 Å². The Kier molecular flexibility index (Phi) is 1.77. The van der Waals surface area contributed by atoms with Gasteiger partial charge in [0, 0.05) is 11.3 Å². The lowest BCUT2D eigenvalue weighted by molar-refractivity contribution is -0.387. The minimum Gasteiger partial charge on any atom is -0.502 e. The molecule has 0 atom stereocenters. The predicted molar refractivity (Wildman–Crippen MR) is 47.4 cm³/mol. The van der Waals surface area contributed by atoms with Gasteiger partial charge in [0.15, 0.2) is 0 Å². The summed E-state index contributed by atoms with van der Waals surface area (Å²) in [6, 6.07) is 0. The van der Waals surface area contributed by atoms with Crippen LogP contribution in [0.25, 0.3) is 0 Å². The topological polar surface area (TPSA) is 96.2 Å². The van der Waals surface area contributed by atoms with Crippen LogP contribution in [0.15, 0.2) is 4.79 Å². The summed E-state index contributed by atoms with van der Waals surface area (Å²) in [4.78, 5) is 23.2. The average molecular weight is 196 g/mol. The number of hydrogen-bond donors (Lipinski definition) is 2. The molecule has 1 aliphatic rings. The molecule has 0 spiro atoms. The molecule has 1 aliphatic carbocycles. The Hall–Kier alpha value is -1.85. The summed E-state index contributed by atoms with van der Waals surface area (Å²) in [5.74, 6) is -0.466. The molecule has 1 aromatic rings. The van der Waals surface area contributed by atoms with E-state index in [-0.39, 0.29) is 0 Å². The number of nitrogens with one attached hydrogen (secondary N) is 1. The number of H-pyrrole nitrogens is 1. The van der Waals surface area contributed by atoms with Gasteiger partial charge in [-0.2, -0.15) is 0 Å². The quantitative estimate of drug-likeness (QED) is 0.504. The third-order valence-electron chi connectivity index (χ3n) is 2.39. The molecule has 0 aromatic carbocycles. The molecule has 0 fully saturated rings. The van der Waals surface area contributed by atoms with Crippen molar-refractivity contribution in [2.75, 3.05) is 0 Å². The first-order valence-corrected chi connectivity index (χ1v) is 4.22. The maximum atomic E-state index is 11.2. The Morgan fingerprint density at radius 3 is 2.79 bits per heavy atom. The molecule has 0 unspecified atom stereocenters. The second-order valence-electron chi connectivity index (χ2n) is 3.22. The van der Waals surface area contributed by atoms with E-state index < -0.39 is 21.9 Å². The standard InChI is InChI=1S/C8H8N2O4/c11-7-4-2-1-3-5(4)9-8(12)6(7)10(13)14/h1-3H2,(H2,9,11,12). The molecule has 6 nitrogen and oxygen atoms in total. The van der Waals surface area contributed by atoms with Gasteiger partial charge in [-0.1, -0.05) is 0 Å². The predicted octanol–water partition coefficient (Wildman–Crippen LogP) is 0.477. The zero-order valence-corrected chi connectivity index (χ0v) is 7.24. The van der Waals surface area contributed by atoms with Crippen molar-refractivity contribution in [1.29, 1.82) is 0 Å². The fourth-order valence-corrected chi connectivity index (χ4v) is 1.76. The molecular formula is C8H8N2O4. The van der Waals surface area contributed by atoms with Gasteiger partial charge in [0.25, 0.3) is 0 Å². The lowest BCUT2D eigenvalue weighted by atomic mass is 10.2. The van der Waals surface area contributed by atoms with E-state index in [4.69, 9.17) is 0 Å². The van der Waals surface area contributed by atoms with Gasteiger partial charge in [0.1, 0.15) is 0 Å². The van der Waals surface area contributed by atoms with Crippen LogP contribution in [-0.4, -0.2) is 15.0 Å². The molecule has 1 aromatic heterocycles. The number of aromatic amines is 1. The van der Waals surface area contributed by atoms with Gasteiger partial charge >= 0.3 is 11.2 Å². The van der Waals surface area contributed by atoms with E-state index in [1.54, 1.807) is 0 Å². The molecule has 2 N–H and O–H groups in total. The molecule has 0 bridgehead atoms. The number of aryl methyl sites for hydroxylation is 1. The summed E-state index contributed by atoms with van der Waals surface area (Å²) in [6.07, 6.45) is 2.05. The van der Waals surface area contributed by atoms with E-state index in [0.717, 1.165) is 6.42 Å². The number of rotatable bonds is 1. The summed E-state index contributed by atoms with van der Waals surface area (Å²) in [7, 11) is 0. The third-order valence-corrected chi connectivity index (χ3v) is 2.39. The molecule has 0 amide bonds. The SMILES string of the molecule is O=c1[nH]c2c(c(O)c1[N+](=O)[O-])CCC2. The van der Waals surface area contributed by atoms with E-state index in [1.165, 1.54) is 0 Å². The first-order chi connectivity index (χ1) is 6.61. The molecule has 6 heteroatoms. The summed E-state index contributed by atoms with van der Waals surface area (Å²) >= 11 is 0. The number of fused-ring (bicyclic) bond motifs is 1. The van der Waals surface area contributed by atoms with Crippen molar-refractivity contribution in [2.24, 2.45) is 0 Å². The molecule has 1 heterocycles. The van der Waals surface area contributed by atoms with Crippen LogP contribution in [0.4, 0.5) is 5.69 Å². The van der Waals surface area contributed by atoms with Gasteiger partial charge in [-0.25, -0.2) is 0 Å². The zero-order chi connectivity index (χ0) is 10.3. The van der Waals surface area contributed by atoms with Crippen molar-refractivity contribution < 1.29 is 10.0 Å². The molecular weight excluding hydrogens is 188 g/mol. The number of aromatic hydroxyl groups is 1. The van der Waals surface area contributed by atoms with E-state index >= 15 is 0 Å². The second kappa shape index (κ2) is 2.83. The lowest BCUT2D eigenvalue weighted by Crippen LogP contribution is -2.14. The normalized spacial score (nSPS) is 14.0. The average Bonchev–Trinajstić information content (AvgIpc) is 2.50. The minimum atomic E-state index is -0.854. The fraction of sp³-hybridized carbons (Fsp3) is 0.375. The summed E-state index contributed by atoms with van der Waals surface area (Å²) in [6.45, 7) is 0. The zero-order valence-electron chi connectivity index (χ0n) is 7.24. The largest absolute Gasteiger partial charge is 0.502 e.